The monoisotopic (exact) mass is 421 g/mol. The van der Waals surface area contributed by atoms with Crippen molar-refractivity contribution in [2.45, 2.75) is 68.9 Å². The lowest BCUT2D eigenvalue weighted by molar-refractivity contribution is -0.154. The number of sulfonamides is 1. The Balaban J connectivity index is 1.47. The molecule has 1 saturated carbocycles. The highest BCUT2D eigenvalue weighted by atomic mass is 32.2. The van der Waals surface area contributed by atoms with Gasteiger partial charge >= 0.3 is 5.97 Å². The first-order chi connectivity index (χ1) is 13.9. The van der Waals surface area contributed by atoms with Gasteiger partial charge in [0.2, 0.25) is 0 Å². The number of esters is 1. The van der Waals surface area contributed by atoms with Crippen LogP contribution in [0.25, 0.3) is 0 Å². The van der Waals surface area contributed by atoms with Crippen LogP contribution in [0.4, 0.5) is 0 Å². The smallest absolute Gasteiger partial charge is 0.308 e. The largest absolute Gasteiger partial charge is 0.452 e. The van der Waals surface area contributed by atoms with Crippen molar-refractivity contribution >= 4 is 27.7 Å². The van der Waals surface area contributed by atoms with Gasteiger partial charge in [-0.15, -0.1) is 0 Å². The molecule has 158 valence electrons. The van der Waals surface area contributed by atoms with Gasteiger partial charge in [0.05, 0.1) is 17.9 Å². The highest BCUT2D eigenvalue weighted by molar-refractivity contribution is 7.90. The molecule has 0 bridgehead atoms. The van der Waals surface area contributed by atoms with E-state index in [-0.39, 0.29) is 35.6 Å². The molecule has 1 aliphatic heterocycles. The fourth-order valence-corrected chi connectivity index (χ4v) is 4.81. The highest BCUT2D eigenvalue weighted by Crippen LogP contribution is 2.22. The number of aliphatic imine (C=N–C) groups is 1. The number of amides is 1. The Morgan fingerprint density at radius 2 is 1.90 bits per heavy atom. The second-order valence-electron chi connectivity index (χ2n) is 7.41. The number of carbonyl (C=O) groups is 2. The van der Waals surface area contributed by atoms with Crippen LogP contribution in [0.5, 0.6) is 0 Å². The number of hydrogen-bond acceptors (Lipinski definition) is 6. The minimum Gasteiger partial charge on any atom is -0.452 e. The number of nitrogens with one attached hydrogen (secondary N) is 2. The predicted octanol–water partition coefficient (Wildman–Crippen LogP) is 1.89. The summed E-state index contributed by atoms with van der Waals surface area (Å²) in [6, 6.07) is 6.67. The highest BCUT2D eigenvalue weighted by Gasteiger charge is 2.30. The van der Waals surface area contributed by atoms with Gasteiger partial charge in [0.1, 0.15) is 5.84 Å². The second kappa shape index (κ2) is 9.39. The zero-order valence-corrected chi connectivity index (χ0v) is 17.3. The molecule has 0 unspecified atom stereocenters. The number of amidine groups is 1. The SMILES string of the molecule is C[C@@H](OC(=O)CCN=C1NS(=O)(=O)c2ccccc21)C(=O)NC1CCCCCC1. The van der Waals surface area contributed by atoms with Gasteiger partial charge in [-0.05, 0) is 31.9 Å². The molecule has 1 heterocycles. The van der Waals surface area contributed by atoms with E-state index in [9.17, 15) is 18.0 Å². The Kier molecular flexibility index (Phi) is 6.89. The summed E-state index contributed by atoms with van der Waals surface area (Å²) in [4.78, 5) is 28.7. The molecule has 0 spiro atoms. The quantitative estimate of drug-likeness (QED) is 0.538. The van der Waals surface area contributed by atoms with Gasteiger partial charge in [-0.2, -0.15) is 0 Å². The molecule has 8 nitrogen and oxygen atoms in total. The number of fused-ring (bicyclic) bond motifs is 1. The van der Waals surface area contributed by atoms with E-state index < -0.39 is 22.1 Å². The molecule has 1 aromatic carbocycles. The fourth-order valence-electron chi connectivity index (χ4n) is 3.56. The number of hydrogen-bond donors (Lipinski definition) is 2. The van der Waals surface area contributed by atoms with Gasteiger partial charge in [-0.25, -0.2) is 8.42 Å². The van der Waals surface area contributed by atoms with Gasteiger partial charge in [0.15, 0.2) is 6.10 Å². The summed E-state index contributed by atoms with van der Waals surface area (Å²) >= 11 is 0. The van der Waals surface area contributed by atoms with Gasteiger partial charge in [0.25, 0.3) is 15.9 Å². The molecule has 9 heteroatoms. The third-order valence-corrected chi connectivity index (χ3v) is 6.52. The van der Waals surface area contributed by atoms with Crippen molar-refractivity contribution in [3.63, 3.8) is 0 Å². The van der Waals surface area contributed by atoms with E-state index in [4.69, 9.17) is 4.74 Å². The number of nitrogens with zero attached hydrogens (tertiary/aromatic N) is 1. The minimum atomic E-state index is -3.60. The summed E-state index contributed by atoms with van der Waals surface area (Å²) in [5.74, 6) is -0.617. The third kappa shape index (κ3) is 5.56. The molecule has 29 heavy (non-hydrogen) atoms. The molecule has 0 aromatic heterocycles. The lowest BCUT2D eigenvalue weighted by atomic mass is 10.1. The maximum Gasteiger partial charge on any atom is 0.308 e. The maximum atomic E-state index is 12.3. The van der Waals surface area contributed by atoms with Crippen molar-refractivity contribution in [1.82, 2.24) is 10.0 Å². The van der Waals surface area contributed by atoms with Crippen molar-refractivity contribution in [1.29, 1.82) is 0 Å². The van der Waals surface area contributed by atoms with E-state index in [1.54, 1.807) is 25.1 Å². The van der Waals surface area contributed by atoms with E-state index in [1.165, 1.54) is 18.9 Å². The maximum absolute atomic E-state index is 12.3. The first-order valence-electron chi connectivity index (χ1n) is 10.0. The van der Waals surface area contributed by atoms with E-state index in [0.717, 1.165) is 25.7 Å². The van der Waals surface area contributed by atoms with Crippen LogP contribution in [0, 0.1) is 0 Å². The zero-order chi connectivity index (χ0) is 20.9. The molecule has 1 fully saturated rings. The molecule has 0 radical (unpaired) electrons. The molecule has 0 saturated heterocycles. The van der Waals surface area contributed by atoms with Crippen LogP contribution in [0.1, 0.15) is 57.4 Å². The Labute approximate surface area is 171 Å². The molecule has 3 rings (SSSR count). The van der Waals surface area contributed by atoms with Crippen molar-refractivity contribution in [3.8, 4) is 0 Å². The van der Waals surface area contributed by atoms with Crippen LogP contribution in [-0.4, -0.2) is 44.8 Å². The van der Waals surface area contributed by atoms with Gasteiger partial charge in [-0.3, -0.25) is 19.3 Å². The Morgan fingerprint density at radius 3 is 2.62 bits per heavy atom. The van der Waals surface area contributed by atoms with Crippen LogP contribution in [-0.2, 0) is 24.3 Å². The molecular weight excluding hydrogens is 394 g/mol. The Bertz CT molecular complexity index is 889. The summed E-state index contributed by atoms with van der Waals surface area (Å²) in [5, 5.41) is 2.96. The van der Waals surface area contributed by atoms with E-state index in [2.05, 4.69) is 15.0 Å². The molecule has 1 aliphatic carbocycles. The molecular formula is C20H27N3O5S. The van der Waals surface area contributed by atoms with E-state index >= 15 is 0 Å². The number of carbonyl (C=O) groups excluding carboxylic acids is 2. The van der Waals surface area contributed by atoms with Crippen LogP contribution >= 0.6 is 0 Å². The number of ether oxygens (including phenoxy) is 1. The van der Waals surface area contributed by atoms with Crippen LogP contribution < -0.4 is 10.0 Å². The minimum absolute atomic E-state index is 0.0472. The van der Waals surface area contributed by atoms with E-state index in [1.807, 2.05) is 0 Å². The normalized spacial score (nSPS) is 20.9. The van der Waals surface area contributed by atoms with Gasteiger partial charge in [0, 0.05) is 11.6 Å². The van der Waals surface area contributed by atoms with Gasteiger partial charge < -0.3 is 10.1 Å². The predicted molar refractivity (Wildman–Crippen MR) is 108 cm³/mol. The average Bonchev–Trinajstić information content (AvgIpc) is 2.83. The summed E-state index contributed by atoms with van der Waals surface area (Å²) in [6.45, 7) is 1.61. The average molecular weight is 422 g/mol. The molecule has 2 aliphatic rings. The topological polar surface area (TPSA) is 114 Å². The summed E-state index contributed by atoms with van der Waals surface area (Å²) in [5.41, 5.74) is 0.483. The zero-order valence-electron chi connectivity index (χ0n) is 16.5. The number of benzene rings is 1. The van der Waals surface area contributed by atoms with Crippen LogP contribution in [0.2, 0.25) is 0 Å². The Hall–Kier alpha value is -2.42. The first-order valence-corrected chi connectivity index (χ1v) is 11.5. The summed E-state index contributed by atoms with van der Waals surface area (Å²) in [7, 11) is -3.60. The van der Waals surface area contributed by atoms with E-state index in [0.29, 0.717) is 5.56 Å². The Morgan fingerprint density at radius 1 is 1.21 bits per heavy atom. The molecule has 1 amide bonds. The molecule has 1 aromatic rings. The lowest BCUT2D eigenvalue weighted by Crippen LogP contribution is -2.41. The summed E-state index contributed by atoms with van der Waals surface area (Å²) in [6.07, 6.45) is 5.60. The third-order valence-electron chi connectivity index (χ3n) is 5.13. The van der Waals surface area contributed by atoms with Crippen molar-refractivity contribution in [2.75, 3.05) is 6.54 Å². The first kappa shape index (κ1) is 21.3. The molecule has 1 atom stereocenters. The lowest BCUT2D eigenvalue weighted by Gasteiger charge is -2.19. The standard InChI is InChI=1S/C20H27N3O5S/c1-14(20(25)22-15-8-4-2-3-5-9-15)28-18(24)12-13-21-19-16-10-6-7-11-17(16)29(26,27)23-19/h6-7,10-11,14-15H,2-5,8-9,12-13H2,1H3,(H,21,23)(H,22,25)/t14-/m1/s1. The number of rotatable bonds is 6. The van der Waals surface area contributed by atoms with Crippen LogP contribution in [0.15, 0.2) is 34.2 Å². The van der Waals surface area contributed by atoms with Crippen LogP contribution in [0.3, 0.4) is 0 Å². The van der Waals surface area contributed by atoms with Gasteiger partial charge in [-0.1, -0.05) is 37.8 Å². The fraction of sp³-hybridized carbons (Fsp3) is 0.550. The summed E-state index contributed by atoms with van der Waals surface area (Å²) < 4.78 is 31.7. The van der Waals surface area contributed by atoms with Crippen molar-refractivity contribution in [2.24, 2.45) is 4.99 Å². The van der Waals surface area contributed by atoms with Crippen molar-refractivity contribution in [3.05, 3.63) is 29.8 Å². The second-order valence-corrected chi connectivity index (χ2v) is 9.06. The molecule has 2 N–H and O–H groups in total. The van der Waals surface area contributed by atoms with Crippen molar-refractivity contribution < 1.29 is 22.7 Å².